The molecule has 2 saturated heterocycles. The summed E-state index contributed by atoms with van der Waals surface area (Å²) in [5, 5.41) is 0. The fraction of sp³-hybridized carbons (Fsp3) is 0.500. The quantitative estimate of drug-likeness (QED) is 0.468. The standard InChI is InChI=1S/C28H31F6N3O2/c1-19(38)36-12-10-35(11-13-36)18-21-8-5-9-37(25(21)14-20-6-3-2-4-7-20)26(39)22-15-23(27(29,30)31)17-24(16-22)28(32,33)34/h2-4,6-7,15-17,21,25H,5,8-14,18H2,1H3. The molecule has 0 saturated carbocycles. The van der Waals surface area contributed by atoms with Gasteiger partial charge in [-0.1, -0.05) is 30.3 Å². The summed E-state index contributed by atoms with van der Waals surface area (Å²) in [6.07, 6.45) is -8.29. The lowest BCUT2D eigenvalue weighted by Gasteiger charge is -2.44. The Morgan fingerprint density at radius 2 is 1.44 bits per heavy atom. The lowest BCUT2D eigenvalue weighted by atomic mass is 9.84. The molecule has 0 N–H and O–H groups in total. The molecule has 0 radical (unpaired) electrons. The molecule has 2 amide bonds. The van der Waals surface area contributed by atoms with E-state index in [0.717, 1.165) is 12.0 Å². The van der Waals surface area contributed by atoms with Gasteiger partial charge >= 0.3 is 12.4 Å². The number of carbonyl (C=O) groups is 2. The Morgan fingerprint density at radius 3 is 1.97 bits per heavy atom. The summed E-state index contributed by atoms with van der Waals surface area (Å²) in [5.74, 6) is -0.872. The molecular weight excluding hydrogens is 524 g/mol. The number of nitrogens with zero attached hydrogens (tertiary/aromatic N) is 3. The van der Waals surface area contributed by atoms with E-state index in [1.54, 1.807) is 4.90 Å². The number of piperidine rings is 1. The van der Waals surface area contributed by atoms with Crippen LogP contribution in [0.2, 0.25) is 0 Å². The molecule has 212 valence electrons. The third-order valence-corrected chi connectivity index (χ3v) is 7.61. The lowest BCUT2D eigenvalue weighted by Crippen LogP contribution is -2.55. The van der Waals surface area contributed by atoms with Crippen molar-refractivity contribution in [1.82, 2.24) is 14.7 Å². The molecule has 2 aromatic carbocycles. The molecule has 2 unspecified atom stereocenters. The molecule has 39 heavy (non-hydrogen) atoms. The average molecular weight is 556 g/mol. The van der Waals surface area contributed by atoms with Crippen LogP contribution in [0.5, 0.6) is 0 Å². The van der Waals surface area contributed by atoms with E-state index in [1.807, 2.05) is 30.3 Å². The van der Waals surface area contributed by atoms with Gasteiger partial charge in [-0.15, -0.1) is 0 Å². The zero-order valence-electron chi connectivity index (χ0n) is 21.6. The highest BCUT2D eigenvalue weighted by atomic mass is 19.4. The average Bonchev–Trinajstić information content (AvgIpc) is 2.89. The van der Waals surface area contributed by atoms with Gasteiger partial charge in [0.25, 0.3) is 5.91 Å². The number of likely N-dealkylation sites (tertiary alicyclic amines) is 1. The van der Waals surface area contributed by atoms with Gasteiger partial charge in [0, 0.05) is 57.8 Å². The maximum Gasteiger partial charge on any atom is 0.416 e. The third kappa shape index (κ3) is 7.12. The van der Waals surface area contributed by atoms with E-state index in [2.05, 4.69) is 4.90 Å². The van der Waals surface area contributed by atoms with Crippen molar-refractivity contribution in [2.24, 2.45) is 5.92 Å². The summed E-state index contributed by atoms with van der Waals surface area (Å²) in [4.78, 5) is 30.8. The van der Waals surface area contributed by atoms with Crippen molar-refractivity contribution < 1.29 is 35.9 Å². The Balaban J connectivity index is 1.64. The summed E-state index contributed by atoms with van der Waals surface area (Å²) in [5.41, 5.74) is -2.70. The SMILES string of the molecule is CC(=O)N1CCN(CC2CCCN(C(=O)c3cc(C(F)(F)F)cc(C(F)(F)F)c3)C2Cc2ccccc2)CC1. The van der Waals surface area contributed by atoms with Crippen molar-refractivity contribution in [1.29, 1.82) is 0 Å². The normalized spacial score (nSPS) is 21.2. The minimum atomic E-state index is -5.04. The largest absolute Gasteiger partial charge is 0.416 e. The molecule has 11 heteroatoms. The van der Waals surface area contributed by atoms with Crippen LogP contribution in [0.25, 0.3) is 0 Å². The number of carbonyl (C=O) groups excluding carboxylic acids is 2. The van der Waals surface area contributed by atoms with Gasteiger partial charge in [0.2, 0.25) is 5.91 Å². The topological polar surface area (TPSA) is 43.9 Å². The maximum absolute atomic E-state index is 13.6. The molecule has 5 nitrogen and oxygen atoms in total. The molecule has 0 spiro atoms. The van der Waals surface area contributed by atoms with Gasteiger partial charge in [-0.3, -0.25) is 14.5 Å². The van der Waals surface area contributed by atoms with Gasteiger partial charge in [0.05, 0.1) is 11.1 Å². The van der Waals surface area contributed by atoms with Gasteiger partial charge in [-0.2, -0.15) is 26.3 Å². The van der Waals surface area contributed by atoms with Gasteiger partial charge in [-0.25, -0.2) is 0 Å². The predicted octanol–water partition coefficient (Wildman–Crippen LogP) is 5.35. The second-order valence-electron chi connectivity index (χ2n) is 10.3. The van der Waals surface area contributed by atoms with Crippen molar-refractivity contribution in [3.63, 3.8) is 0 Å². The zero-order chi connectivity index (χ0) is 28.4. The van der Waals surface area contributed by atoms with E-state index in [0.29, 0.717) is 57.7 Å². The highest BCUT2D eigenvalue weighted by Gasteiger charge is 2.40. The van der Waals surface area contributed by atoms with E-state index in [9.17, 15) is 35.9 Å². The van der Waals surface area contributed by atoms with Crippen LogP contribution in [0, 0.1) is 5.92 Å². The Labute approximate surface area is 223 Å². The first-order valence-corrected chi connectivity index (χ1v) is 12.9. The molecule has 2 aliphatic heterocycles. The Hall–Kier alpha value is -3.08. The molecule has 0 aromatic heterocycles. The van der Waals surface area contributed by atoms with Gasteiger partial charge in [-0.05, 0) is 48.9 Å². The third-order valence-electron chi connectivity index (χ3n) is 7.61. The van der Waals surface area contributed by atoms with Crippen LogP contribution in [0.4, 0.5) is 26.3 Å². The van der Waals surface area contributed by atoms with Crippen LogP contribution in [0.1, 0.15) is 46.8 Å². The number of rotatable bonds is 5. The van der Waals surface area contributed by atoms with E-state index in [-0.39, 0.29) is 24.4 Å². The fourth-order valence-electron chi connectivity index (χ4n) is 5.56. The van der Waals surface area contributed by atoms with Crippen LogP contribution in [-0.4, -0.2) is 71.8 Å². The highest BCUT2D eigenvalue weighted by molar-refractivity contribution is 5.95. The number of alkyl halides is 6. The van der Waals surface area contributed by atoms with Crippen LogP contribution in [0.15, 0.2) is 48.5 Å². The number of hydrogen-bond acceptors (Lipinski definition) is 3. The molecule has 2 aromatic rings. The molecule has 0 aliphatic carbocycles. The monoisotopic (exact) mass is 555 g/mol. The Bertz CT molecular complexity index is 1130. The summed E-state index contributed by atoms with van der Waals surface area (Å²) < 4.78 is 80.9. The Kier molecular flexibility index (Phi) is 8.58. The molecule has 2 fully saturated rings. The summed E-state index contributed by atoms with van der Waals surface area (Å²) in [7, 11) is 0. The maximum atomic E-state index is 13.6. The molecular formula is C28H31F6N3O2. The minimum Gasteiger partial charge on any atom is -0.340 e. The minimum absolute atomic E-state index is 0.00496. The number of hydrogen-bond donors (Lipinski definition) is 0. The number of piperazine rings is 1. The van der Waals surface area contributed by atoms with Crippen molar-refractivity contribution in [3.8, 4) is 0 Å². The van der Waals surface area contributed by atoms with Crippen molar-refractivity contribution >= 4 is 11.8 Å². The first kappa shape index (κ1) is 28.9. The van der Waals surface area contributed by atoms with E-state index < -0.39 is 41.0 Å². The second kappa shape index (κ2) is 11.6. The number of halogens is 6. The second-order valence-corrected chi connectivity index (χ2v) is 10.3. The summed E-state index contributed by atoms with van der Waals surface area (Å²) in [6, 6.07) is 9.99. The molecule has 2 heterocycles. The van der Waals surface area contributed by atoms with Crippen LogP contribution in [0.3, 0.4) is 0 Å². The molecule has 2 atom stereocenters. The van der Waals surface area contributed by atoms with Crippen molar-refractivity contribution in [3.05, 3.63) is 70.8 Å². The first-order chi connectivity index (χ1) is 18.3. The van der Waals surface area contributed by atoms with E-state index in [1.165, 1.54) is 11.8 Å². The van der Waals surface area contributed by atoms with Crippen molar-refractivity contribution in [2.75, 3.05) is 39.3 Å². The lowest BCUT2D eigenvalue weighted by molar-refractivity contribution is -0.143. The predicted molar refractivity (Wildman–Crippen MR) is 133 cm³/mol. The van der Waals surface area contributed by atoms with Crippen LogP contribution in [-0.2, 0) is 23.6 Å². The fourth-order valence-corrected chi connectivity index (χ4v) is 5.56. The van der Waals surface area contributed by atoms with Gasteiger partial charge in [0.1, 0.15) is 0 Å². The van der Waals surface area contributed by atoms with Gasteiger partial charge < -0.3 is 9.80 Å². The number of benzene rings is 2. The molecule has 2 aliphatic rings. The van der Waals surface area contributed by atoms with Crippen LogP contribution < -0.4 is 0 Å². The summed E-state index contributed by atoms with van der Waals surface area (Å²) in [6.45, 7) is 4.85. The van der Waals surface area contributed by atoms with E-state index in [4.69, 9.17) is 0 Å². The molecule has 0 bridgehead atoms. The first-order valence-electron chi connectivity index (χ1n) is 12.9. The van der Waals surface area contributed by atoms with E-state index >= 15 is 0 Å². The summed E-state index contributed by atoms with van der Waals surface area (Å²) >= 11 is 0. The molecule has 4 rings (SSSR count). The highest BCUT2D eigenvalue weighted by Crippen LogP contribution is 2.37. The number of amides is 2. The van der Waals surface area contributed by atoms with Gasteiger partial charge in [0.15, 0.2) is 0 Å². The smallest absolute Gasteiger partial charge is 0.340 e. The van der Waals surface area contributed by atoms with Crippen molar-refractivity contribution in [2.45, 2.75) is 44.6 Å². The Morgan fingerprint density at radius 1 is 0.846 bits per heavy atom. The zero-order valence-corrected chi connectivity index (χ0v) is 21.6. The van der Waals surface area contributed by atoms with Crippen LogP contribution >= 0.6 is 0 Å².